The fraction of sp³-hybridized carbons (Fsp3) is 0.692. The maximum Gasteiger partial charge on any atom is 0.306 e. The highest BCUT2D eigenvalue weighted by Crippen LogP contribution is 2.32. The minimum Gasteiger partial charge on any atom is -0.481 e. The second-order valence-electron chi connectivity index (χ2n) is 4.51. The lowest BCUT2D eigenvalue weighted by Gasteiger charge is -2.23. The van der Waals surface area contributed by atoms with Gasteiger partial charge >= 0.3 is 5.97 Å². The number of nitrogens with zero attached hydrogens (tertiary/aromatic N) is 1. The third-order valence-electron chi connectivity index (χ3n) is 3.22. The van der Waals surface area contributed by atoms with E-state index >= 15 is 0 Å². The molecule has 0 saturated heterocycles. The van der Waals surface area contributed by atoms with Crippen molar-refractivity contribution in [2.45, 2.75) is 32.6 Å². The van der Waals surface area contributed by atoms with Gasteiger partial charge in [0.2, 0.25) is 5.91 Å². The number of hydrogen-bond donors (Lipinski definition) is 1. The summed E-state index contributed by atoms with van der Waals surface area (Å²) in [4.78, 5) is 24.6. The van der Waals surface area contributed by atoms with Gasteiger partial charge in [-0.05, 0) is 25.7 Å². The molecular formula is C13H19NO3. The molecule has 0 aromatic heterocycles. The van der Waals surface area contributed by atoms with Gasteiger partial charge in [0.15, 0.2) is 0 Å². The van der Waals surface area contributed by atoms with Crippen molar-refractivity contribution < 1.29 is 14.7 Å². The predicted molar refractivity (Wildman–Crippen MR) is 64.2 cm³/mol. The van der Waals surface area contributed by atoms with Gasteiger partial charge in [0.25, 0.3) is 0 Å². The minimum absolute atomic E-state index is 0.0218. The van der Waals surface area contributed by atoms with E-state index in [2.05, 4.69) is 5.92 Å². The molecular weight excluding hydrogens is 218 g/mol. The van der Waals surface area contributed by atoms with Crippen molar-refractivity contribution in [1.82, 2.24) is 4.90 Å². The van der Waals surface area contributed by atoms with Gasteiger partial charge in [-0.25, -0.2) is 0 Å². The zero-order valence-electron chi connectivity index (χ0n) is 10.2. The number of carboxylic acids is 1. The first kappa shape index (κ1) is 13.6. The number of carbonyl (C=O) groups excluding carboxylic acids is 1. The van der Waals surface area contributed by atoms with Gasteiger partial charge < -0.3 is 10.0 Å². The first-order valence-electron chi connectivity index (χ1n) is 6.05. The van der Waals surface area contributed by atoms with Crippen LogP contribution in [0.2, 0.25) is 0 Å². The monoisotopic (exact) mass is 237 g/mol. The van der Waals surface area contributed by atoms with E-state index in [4.69, 9.17) is 11.5 Å². The molecule has 0 heterocycles. The molecule has 17 heavy (non-hydrogen) atoms. The molecule has 1 saturated carbocycles. The molecule has 4 heteroatoms. The molecule has 1 amide bonds. The number of terminal acetylenes is 1. The second-order valence-corrected chi connectivity index (χ2v) is 4.51. The first-order chi connectivity index (χ1) is 8.10. The molecule has 4 nitrogen and oxygen atoms in total. The zero-order chi connectivity index (χ0) is 12.8. The van der Waals surface area contributed by atoms with E-state index in [0.29, 0.717) is 32.4 Å². The van der Waals surface area contributed by atoms with Gasteiger partial charge in [0, 0.05) is 12.5 Å². The molecule has 94 valence electrons. The van der Waals surface area contributed by atoms with Crippen LogP contribution in [-0.4, -0.2) is 35.0 Å². The maximum absolute atomic E-state index is 12.1. The molecule has 2 atom stereocenters. The maximum atomic E-state index is 12.1. The number of carboxylic acid groups (broad SMARTS) is 1. The van der Waals surface area contributed by atoms with Gasteiger partial charge in [0.1, 0.15) is 0 Å². The van der Waals surface area contributed by atoms with Crippen LogP contribution in [0.15, 0.2) is 0 Å². The highest BCUT2D eigenvalue weighted by atomic mass is 16.4. The van der Waals surface area contributed by atoms with Crippen LogP contribution in [0.25, 0.3) is 0 Å². The van der Waals surface area contributed by atoms with Crippen LogP contribution >= 0.6 is 0 Å². The molecule has 0 radical (unpaired) electrons. The van der Waals surface area contributed by atoms with E-state index in [1.807, 2.05) is 6.92 Å². The van der Waals surface area contributed by atoms with E-state index in [0.717, 1.165) is 6.42 Å². The van der Waals surface area contributed by atoms with E-state index in [9.17, 15) is 9.59 Å². The van der Waals surface area contributed by atoms with Crippen LogP contribution in [0.1, 0.15) is 32.6 Å². The Hall–Kier alpha value is -1.50. The number of carbonyl (C=O) groups is 2. The molecule has 0 aromatic carbocycles. The Morgan fingerprint density at radius 1 is 1.41 bits per heavy atom. The van der Waals surface area contributed by atoms with Crippen LogP contribution in [0, 0.1) is 24.2 Å². The molecule has 0 aliphatic heterocycles. The fourth-order valence-electron chi connectivity index (χ4n) is 2.34. The second kappa shape index (κ2) is 6.29. The summed E-state index contributed by atoms with van der Waals surface area (Å²) < 4.78 is 0. The average molecular weight is 237 g/mol. The van der Waals surface area contributed by atoms with Crippen LogP contribution < -0.4 is 0 Å². The molecule has 0 unspecified atom stereocenters. The third kappa shape index (κ3) is 3.48. The van der Waals surface area contributed by atoms with Gasteiger partial charge in [-0.15, -0.1) is 6.42 Å². The fourth-order valence-corrected chi connectivity index (χ4v) is 2.34. The summed E-state index contributed by atoms with van der Waals surface area (Å²) in [7, 11) is 0. The van der Waals surface area contributed by atoms with E-state index in [1.165, 1.54) is 0 Å². The number of hydrogen-bond acceptors (Lipinski definition) is 2. The van der Waals surface area contributed by atoms with Crippen molar-refractivity contribution in [2.75, 3.05) is 13.1 Å². The smallest absolute Gasteiger partial charge is 0.306 e. The van der Waals surface area contributed by atoms with Crippen molar-refractivity contribution in [1.29, 1.82) is 0 Å². The van der Waals surface area contributed by atoms with Crippen LogP contribution in [0.3, 0.4) is 0 Å². The molecule has 0 spiro atoms. The normalized spacial score (nSPS) is 23.1. The highest BCUT2D eigenvalue weighted by molar-refractivity contribution is 5.81. The van der Waals surface area contributed by atoms with Crippen molar-refractivity contribution in [3.05, 3.63) is 0 Å². The van der Waals surface area contributed by atoms with E-state index < -0.39 is 5.97 Å². The van der Waals surface area contributed by atoms with Gasteiger partial charge in [-0.2, -0.15) is 0 Å². The van der Waals surface area contributed by atoms with E-state index in [1.54, 1.807) is 4.90 Å². The highest BCUT2D eigenvalue weighted by Gasteiger charge is 2.35. The van der Waals surface area contributed by atoms with Crippen molar-refractivity contribution in [3.63, 3.8) is 0 Å². The molecule has 1 rings (SSSR count). The number of rotatable bonds is 5. The van der Waals surface area contributed by atoms with Gasteiger partial charge in [-0.1, -0.05) is 12.8 Å². The summed E-state index contributed by atoms with van der Waals surface area (Å²) in [6.45, 7) is 2.96. The molecule has 0 aromatic rings. The Kier molecular flexibility index (Phi) is 5.02. The van der Waals surface area contributed by atoms with E-state index in [-0.39, 0.29) is 17.7 Å². The van der Waals surface area contributed by atoms with Crippen molar-refractivity contribution in [3.8, 4) is 12.3 Å². The van der Waals surface area contributed by atoms with Crippen LogP contribution in [-0.2, 0) is 9.59 Å². The summed E-state index contributed by atoms with van der Waals surface area (Å²) >= 11 is 0. The van der Waals surface area contributed by atoms with Crippen LogP contribution in [0.4, 0.5) is 0 Å². The average Bonchev–Trinajstić information content (AvgIpc) is 2.77. The Labute approximate surface area is 102 Å². The zero-order valence-corrected chi connectivity index (χ0v) is 10.2. The first-order valence-corrected chi connectivity index (χ1v) is 6.05. The Bertz CT molecular complexity index is 332. The van der Waals surface area contributed by atoms with Crippen molar-refractivity contribution in [2.24, 2.45) is 11.8 Å². The number of aliphatic carboxylic acids is 1. The SMILES string of the molecule is C#CCN(CCC)C(=O)[C@@H]1CC[C@H](C(=O)O)C1. The lowest BCUT2D eigenvalue weighted by Crippen LogP contribution is -2.36. The molecule has 1 aliphatic carbocycles. The topological polar surface area (TPSA) is 57.6 Å². The Morgan fingerprint density at radius 2 is 2.06 bits per heavy atom. The standard InChI is InChI=1S/C13H19NO3/c1-3-7-14(8-4-2)12(15)10-5-6-11(9-10)13(16)17/h1,10-11H,4-9H2,2H3,(H,16,17)/t10-,11+/m1/s1. The largest absolute Gasteiger partial charge is 0.481 e. The summed E-state index contributed by atoms with van der Waals surface area (Å²) in [5.41, 5.74) is 0. The lowest BCUT2D eigenvalue weighted by atomic mass is 10.0. The molecule has 1 N–H and O–H groups in total. The minimum atomic E-state index is -0.792. The lowest BCUT2D eigenvalue weighted by molar-refractivity contribution is -0.141. The Morgan fingerprint density at radius 3 is 2.53 bits per heavy atom. The van der Waals surface area contributed by atoms with Crippen molar-refractivity contribution >= 4 is 11.9 Å². The molecule has 1 aliphatic rings. The quantitative estimate of drug-likeness (QED) is 0.734. The van der Waals surface area contributed by atoms with Crippen LogP contribution in [0.5, 0.6) is 0 Å². The van der Waals surface area contributed by atoms with Gasteiger partial charge in [-0.3, -0.25) is 9.59 Å². The summed E-state index contributed by atoms with van der Waals surface area (Å²) in [6, 6.07) is 0. The third-order valence-corrected chi connectivity index (χ3v) is 3.22. The summed E-state index contributed by atoms with van der Waals surface area (Å²) in [5, 5.41) is 8.90. The Balaban J connectivity index is 2.57. The van der Waals surface area contributed by atoms with Gasteiger partial charge in [0.05, 0.1) is 12.5 Å². The predicted octanol–water partition coefficient (Wildman–Crippen LogP) is 1.36. The molecule has 0 bridgehead atoms. The number of amides is 1. The molecule has 1 fully saturated rings. The summed E-state index contributed by atoms with van der Waals surface area (Å²) in [5.74, 6) is 1.19. The summed E-state index contributed by atoms with van der Waals surface area (Å²) in [6.07, 6.45) is 7.82.